The van der Waals surface area contributed by atoms with Gasteiger partial charge in [-0.15, -0.1) is 0 Å². The maximum absolute atomic E-state index is 13.0. The summed E-state index contributed by atoms with van der Waals surface area (Å²) in [5.74, 6) is -0.316. The lowest BCUT2D eigenvalue weighted by molar-refractivity contribution is -0.119. The summed E-state index contributed by atoms with van der Waals surface area (Å²) in [5.41, 5.74) is 8.72. The van der Waals surface area contributed by atoms with E-state index < -0.39 is 5.91 Å². The van der Waals surface area contributed by atoms with E-state index in [2.05, 4.69) is 10.1 Å². The monoisotopic (exact) mass is 377 g/mol. The van der Waals surface area contributed by atoms with Gasteiger partial charge >= 0.3 is 0 Å². The van der Waals surface area contributed by atoms with Crippen LogP contribution in [0.5, 0.6) is 5.75 Å². The van der Waals surface area contributed by atoms with Gasteiger partial charge in [0.25, 0.3) is 0 Å². The Labute approximate surface area is 161 Å². The van der Waals surface area contributed by atoms with Crippen molar-refractivity contribution in [3.63, 3.8) is 0 Å². The third-order valence-electron chi connectivity index (χ3n) is 4.84. The minimum Gasteiger partial charge on any atom is -0.493 e. The first-order valence-electron chi connectivity index (χ1n) is 8.77. The molecule has 4 rings (SSSR count). The lowest BCUT2D eigenvalue weighted by Gasteiger charge is -2.20. The number of nitrogens with two attached hydrogens (primary N) is 1. The van der Waals surface area contributed by atoms with Crippen LogP contribution in [0.2, 0.25) is 0 Å². The van der Waals surface area contributed by atoms with Gasteiger partial charge in [-0.1, -0.05) is 12.1 Å². The first kappa shape index (κ1) is 17.7. The third kappa shape index (κ3) is 2.88. The lowest BCUT2D eigenvalue weighted by atomic mass is 10.1. The summed E-state index contributed by atoms with van der Waals surface area (Å²) in [6, 6.07) is 8.77. The van der Waals surface area contributed by atoms with Crippen LogP contribution in [0.3, 0.4) is 0 Å². The molecule has 3 aromatic rings. The SMILES string of the molecule is COc1cnn(-c2ccnc3c2N(Cc2cccc(C(N)=O)c2)C(=O)C3C)c1. The van der Waals surface area contributed by atoms with Crippen LogP contribution in [0, 0.1) is 0 Å². The van der Waals surface area contributed by atoms with E-state index in [-0.39, 0.29) is 11.8 Å². The topological polar surface area (TPSA) is 103 Å². The van der Waals surface area contributed by atoms with Crippen molar-refractivity contribution >= 4 is 17.5 Å². The minimum absolute atomic E-state index is 0.0569. The van der Waals surface area contributed by atoms with Crippen LogP contribution >= 0.6 is 0 Å². The van der Waals surface area contributed by atoms with Gasteiger partial charge in [0.15, 0.2) is 5.75 Å². The first-order chi connectivity index (χ1) is 13.5. The van der Waals surface area contributed by atoms with E-state index >= 15 is 0 Å². The Morgan fingerprint density at radius 2 is 2.14 bits per heavy atom. The molecule has 2 amide bonds. The van der Waals surface area contributed by atoms with Gasteiger partial charge in [0, 0.05) is 11.8 Å². The molecular weight excluding hydrogens is 358 g/mol. The van der Waals surface area contributed by atoms with Crippen molar-refractivity contribution < 1.29 is 14.3 Å². The zero-order valence-corrected chi connectivity index (χ0v) is 15.5. The minimum atomic E-state index is -0.505. The van der Waals surface area contributed by atoms with Crippen molar-refractivity contribution in [3.8, 4) is 11.4 Å². The number of nitrogens with zero attached hydrogens (tertiary/aromatic N) is 4. The van der Waals surface area contributed by atoms with E-state index in [1.165, 1.54) is 0 Å². The van der Waals surface area contributed by atoms with Crippen molar-refractivity contribution in [2.45, 2.75) is 19.4 Å². The maximum atomic E-state index is 13.0. The number of benzene rings is 1. The highest BCUT2D eigenvalue weighted by atomic mass is 16.5. The number of carbonyl (C=O) groups is 2. The normalized spacial score (nSPS) is 15.6. The second-order valence-electron chi connectivity index (χ2n) is 6.60. The van der Waals surface area contributed by atoms with Gasteiger partial charge in [-0.2, -0.15) is 5.10 Å². The van der Waals surface area contributed by atoms with Gasteiger partial charge in [0.05, 0.1) is 49.0 Å². The molecule has 1 unspecified atom stereocenters. The summed E-state index contributed by atoms with van der Waals surface area (Å²) in [5, 5.41) is 4.33. The molecule has 0 aliphatic carbocycles. The maximum Gasteiger partial charge on any atom is 0.248 e. The zero-order valence-electron chi connectivity index (χ0n) is 15.5. The number of primary amides is 1. The van der Waals surface area contributed by atoms with Crippen molar-refractivity contribution in [2.75, 3.05) is 12.0 Å². The number of hydrogen-bond acceptors (Lipinski definition) is 5. The van der Waals surface area contributed by atoms with Crippen LogP contribution in [0.1, 0.15) is 34.5 Å². The molecule has 0 fully saturated rings. The molecule has 0 bridgehead atoms. The van der Waals surface area contributed by atoms with Crippen molar-refractivity contribution in [2.24, 2.45) is 5.73 Å². The number of amides is 2. The standard InChI is InChI=1S/C20H19N5O3/c1-12-17-18(16(6-7-22-17)25-11-15(28-2)9-23-25)24(20(12)27)10-13-4-3-5-14(8-13)19(21)26/h3-9,11-12H,10H2,1-2H3,(H2,21,26). The molecule has 1 aliphatic rings. The average Bonchev–Trinajstić information content (AvgIpc) is 3.28. The van der Waals surface area contributed by atoms with E-state index in [9.17, 15) is 9.59 Å². The number of anilines is 1. The Balaban J connectivity index is 1.78. The second kappa shape index (κ2) is 6.80. The number of carbonyl (C=O) groups excluding carboxylic acids is 2. The number of aromatic nitrogens is 3. The summed E-state index contributed by atoms with van der Waals surface area (Å²) >= 11 is 0. The molecule has 0 spiro atoms. The van der Waals surface area contributed by atoms with E-state index in [1.807, 2.05) is 19.1 Å². The molecule has 1 aliphatic heterocycles. The Morgan fingerprint density at radius 3 is 2.86 bits per heavy atom. The van der Waals surface area contributed by atoms with Gasteiger partial charge in [-0.05, 0) is 30.7 Å². The van der Waals surface area contributed by atoms with Crippen molar-refractivity contribution in [1.29, 1.82) is 0 Å². The van der Waals surface area contributed by atoms with E-state index in [4.69, 9.17) is 10.5 Å². The molecule has 2 N–H and O–H groups in total. The van der Waals surface area contributed by atoms with E-state index in [0.29, 0.717) is 29.2 Å². The average molecular weight is 377 g/mol. The van der Waals surface area contributed by atoms with E-state index in [0.717, 1.165) is 11.3 Å². The lowest BCUT2D eigenvalue weighted by Crippen LogP contribution is -2.28. The third-order valence-corrected chi connectivity index (χ3v) is 4.84. The molecule has 0 saturated heterocycles. The zero-order chi connectivity index (χ0) is 19.8. The highest BCUT2D eigenvalue weighted by Crippen LogP contribution is 2.40. The number of ether oxygens (including phenoxy) is 1. The van der Waals surface area contributed by atoms with Gasteiger partial charge in [0.2, 0.25) is 11.8 Å². The number of rotatable bonds is 5. The molecule has 1 aromatic carbocycles. The highest BCUT2D eigenvalue weighted by molar-refractivity contribution is 6.06. The highest BCUT2D eigenvalue weighted by Gasteiger charge is 2.38. The molecule has 0 radical (unpaired) electrons. The largest absolute Gasteiger partial charge is 0.493 e. The Kier molecular flexibility index (Phi) is 4.31. The number of hydrogen-bond donors (Lipinski definition) is 1. The molecule has 8 nitrogen and oxygen atoms in total. The van der Waals surface area contributed by atoms with Gasteiger partial charge in [0.1, 0.15) is 0 Å². The number of pyridine rings is 1. The van der Waals surface area contributed by atoms with Crippen LogP contribution in [0.4, 0.5) is 5.69 Å². The van der Waals surface area contributed by atoms with Crippen LogP contribution in [-0.4, -0.2) is 33.7 Å². The van der Waals surface area contributed by atoms with Crippen molar-refractivity contribution in [1.82, 2.24) is 14.8 Å². The molecule has 2 aromatic heterocycles. The van der Waals surface area contributed by atoms with Gasteiger partial charge < -0.3 is 15.4 Å². The van der Waals surface area contributed by atoms with Gasteiger partial charge in [-0.3, -0.25) is 14.6 Å². The van der Waals surface area contributed by atoms with Gasteiger partial charge in [-0.25, -0.2) is 4.68 Å². The molecule has 3 heterocycles. The fraction of sp³-hybridized carbons (Fsp3) is 0.200. The molecule has 1 atom stereocenters. The Bertz CT molecular complexity index is 1080. The number of fused-ring (bicyclic) bond motifs is 1. The summed E-state index contributed by atoms with van der Waals surface area (Å²) in [7, 11) is 1.57. The predicted octanol–water partition coefficient (Wildman–Crippen LogP) is 2.03. The van der Waals surface area contributed by atoms with Crippen LogP contribution in [-0.2, 0) is 11.3 Å². The summed E-state index contributed by atoms with van der Waals surface area (Å²) < 4.78 is 6.88. The van der Waals surface area contributed by atoms with E-state index in [1.54, 1.807) is 53.5 Å². The molecule has 8 heteroatoms. The molecule has 0 saturated carbocycles. The Hall–Kier alpha value is -3.68. The molecule has 142 valence electrons. The summed E-state index contributed by atoms with van der Waals surface area (Å²) in [4.78, 5) is 30.6. The summed E-state index contributed by atoms with van der Waals surface area (Å²) in [6.07, 6.45) is 5.02. The van der Waals surface area contributed by atoms with Crippen LogP contribution in [0.15, 0.2) is 48.9 Å². The molecule has 28 heavy (non-hydrogen) atoms. The Morgan fingerprint density at radius 1 is 1.32 bits per heavy atom. The second-order valence-corrected chi connectivity index (χ2v) is 6.60. The van der Waals surface area contributed by atoms with Crippen molar-refractivity contribution in [3.05, 3.63) is 65.7 Å². The number of methoxy groups -OCH3 is 1. The van der Waals surface area contributed by atoms with Crippen LogP contribution < -0.4 is 15.4 Å². The predicted molar refractivity (Wildman–Crippen MR) is 102 cm³/mol. The fourth-order valence-electron chi connectivity index (χ4n) is 3.40. The summed E-state index contributed by atoms with van der Waals surface area (Å²) in [6.45, 7) is 2.13. The molecular formula is C20H19N5O3. The smallest absolute Gasteiger partial charge is 0.248 e. The van der Waals surface area contributed by atoms with Crippen LogP contribution in [0.25, 0.3) is 5.69 Å². The quantitative estimate of drug-likeness (QED) is 0.733. The first-order valence-corrected chi connectivity index (χ1v) is 8.77. The fourth-order valence-corrected chi connectivity index (χ4v) is 3.40.